The van der Waals surface area contributed by atoms with Gasteiger partial charge in [-0.1, -0.05) is 0 Å². The van der Waals surface area contributed by atoms with Gasteiger partial charge in [-0.15, -0.1) is 0 Å². The Hall–Kier alpha value is -2.89. The average Bonchev–Trinajstić information content (AvgIpc) is 2.86. The van der Waals surface area contributed by atoms with Crippen molar-refractivity contribution in [3.05, 3.63) is 58.9 Å². The van der Waals surface area contributed by atoms with Crippen LogP contribution in [0.2, 0.25) is 0 Å². The second kappa shape index (κ2) is 4.90. The molecule has 0 aromatic heterocycles. The Morgan fingerprint density at radius 1 is 1.19 bits per heavy atom. The van der Waals surface area contributed by atoms with E-state index in [2.05, 4.69) is 10.6 Å². The van der Waals surface area contributed by atoms with E-state index in [1.54, 1.807) is 0 Å². The average molecular weight is 286 g/mol. The minimum absolute atomic E-state index is 0.00290. The summed E-state index contributed by atoms with van der Waals surface area (Å²) in [4.78, 5) is 23.9. The van der Waals surface area contributed by atoms with Gasteiger partial charge in [-0.2, -0.15) is 0 Å². The molecule has 2 aromatic carbocycles. The van der Waals surface area contributed by atoms with Crippen molar-refractivity contribution in [2.24, 2.45) is 0 Å². The fraction of sp³-hybridized carbons (Fsp3) is 0.0667. The maximum absolute atomic E-state index is 12.8. The maximum atomic E-state index is 12.8. The number of hydrogen-bond acceptors (Lipinski definition) is 3. The third-order valence-electron chi connectivity index (χ3n) is 3.30. The lowest BCUT2D eigenvalue weighted by Crippen LogP contribution is -2.17. The van der Waals surface area contributed by atoms with Crippen LogP contribution in [0.25, 0.3) is 0 Å². The number of aromatic hydroxyl groups is 1. The number of phenols is 1. The van der Waals surface area contributed by atoms with Crippen LogP contribution < -0.4 is 10.6 Å². The first-order chi connectivity index (χ1) is 10.1. The van der Waals surface area contributed by atoms with Gasteiger partial charge in [-0.3, -0.25) is 9.59 Å². The number of benzene rings is 2. The molecule has 3 N–H and O–H groups in total. The molecule has 2 amide bonds. The highest BCUT2D eigenvalue weighted by Gasteiger charge is 2.26. The molecule has 0 unspecified atom stereocenters. The fourth-order valence-electron chi connectivity index (χ4n) is 2.23. The molecule has 0 atom stereocenters. The molecule has 1 heterocycles. The zero-order valence-corrected chi connectivity index (χ0v) is 10.8. The van der Waals surface area contributed by atoms with Gasteiger partial charge < -0.3 is 15.7 Å². The van der Waals surface area contributed by atoms with Crippen LogP contribution >= 0.6 is 0 Å². The molecular formula is C15H11FN2O3. The van der Waals surface area contributed by atoms with E-state index in [4.69, 9.17) is 0 Å². The first kappa shape index (κ1) is 13.1. The highest BCUT2D eigenvalue weighted by molar-refractivity contribution is 6.11. The number of halogens is 1. The van der Waals surface area contributed by atoms with Crippen LogP contribution in [0.1, 0.15) is 26.3 Å². The molecule has 106 valence electrons. The van der Waals surface area contributed by atoms with Crippen LogP contribution in [-0.4, -0.2) is 16.9 Å². The van der Waals surface area contributed by atoms with Gasteiger partial charge in [0, 0.05) is 17.7 Å². The van der Waals surface area contributed by atoms with Crippen LogP contribution in [0.5, 0.6) is 5.75 Å². The highest BCUT2D eigenvalue weighted by Crippen LogP contribution is 2.31. The number of carbonyl (C=O) groups is 2. The third-order valence-corrected chi connectivity index (χ3v) is 3.30. The molecule has 6 heteroatoms. The zero-order valence-electron chi connectivity index (χ0n) is 10.8. The summed E-state index contributed by atoms with van der Waals surface area (Å²) in [5.74, 6) is -1.24. The predicted molar refractivity (Wildman–Crippen MR) is 73.6 cm³/mol. The first-order valence-electron chi connectivity index (χ1n) is 6.26. The van der Waals surface area contributed by atoms with Crippen molar-refractivity contribution in [2.45, 2.75) is 6.54 Å². The van der Waals surface area contributed by atoms with E-state index >= 15 is 0 Å². The van der Waals surface area contributed by atoms with Gasteiger partial charge in [0.05, 0.1) is 11.3 Å². The van der Waals surface area contributed by atoms with Gasteiger partial charge in [-0.25, -0.2) is 4.39 Å². The molecule has 0 fully saturated rings. The Kier molecular flexibility index (Phi) is 3.06. The number of amides is 2. The van der Waals surface area contributed by atoms with Crippen molar-refractivity contribution in [2.75, 3.05) is 5.32 Å². The predicted octanol–water partition coefficient (Wildman–Crippen LogP) is 2.03. The van der Waals surface area contributed by atoms with Gasteiger partial charge in [0.2, 0.25) is 0 Å². The monoisotopic (exact) mass is 286 g/mol. The molecule has 5 nitrogen and oxygen atoms in total. The van der Waals surface area contributed by atoms with Crippen LogP contribution in [0, 0.1) is 5.82 Å². The van der Waals surface area contributed by atoms with Gasteiger partial charge >= 0.3 is 0 Å². The lowest BCUT2D eigenvalue weighted by Gasteiger charge is -2.10. The summed E-state index contributed by atoms with van der Waals surface area (Å²) >= 11 is 0. The molecule has 0 saturated carbocycles. The zero-order chi connectivity index (χ0) is 15.0. The second-order valence-corrected chi connectivity index (χ2v) is 4.63. The van der Waals surface area contributed by atoms with E-state index < -0.39 is 11.7 Å². The molecule has 0 spiro atoms. The molecule has 0 saturated heterocycles. The largest absolute Gasteiger partial charge is 0.508 e. The second-order valence-electron chi connectivity index (χ2n) is 4.63. The maximum Gasteiger partial charge on any atom is 0.255 e. The van der Waals surface area contributed by atoms with Crippen molar-refractivity contribution < 1.29 is 19.1 Å². The van der Waals surface area contributed by atoms with Crippen molar-refractivity contribution in [3.8, 4) is 5.75 Å². The Bertz CT molecular complexity index is 741. The molecule has 0 radical (unpaired) electrons. The Morgan fingerprint density at radius 3 is 2.62 bits per heavy atom. The van der Waals surface area contributed by atoms with Crippen molar-refractivity contribution in [3.63, 3.8) is 0 Å². The quantitative estimate of drug-likeness (QED) is 0.739. The molecule has 21 heavy (non-hydrogen) atoms. The minimum atomic E-state index is -0.456. The number of nitrogens with one attached hydrogen (secondary N) is 2. The number of carbonyl (C=O) groups excluding carboxylic acids is 2. The summed E-state index contributed by atoms with van der Waals surface area (Å²) in [6.45, 7) is 0.222. The topological polar surface area (TPSA) is 78.4 Å². The lowest BCUT2D eigenvalue weighted by atomic mass is 10.1. The highest BCUT2D eigenvalue weighted by atomic mass is 19.1. The Labute approximate surface area is 119 Å². The van der Waals surface area contributed by atoms with E-state index in [0.29, 0.717) is 11.3 Å². The minimum Gasteiger partial charge on any atom is -0.508 e. The smallest absolute Gasteiger partial charge is 0.255 e. The van der Waals surface area contributed by atoms with Crippen molar-refractivity contribution in [1.29, 1.82) is 0 Å². The van der Waals surface area contributed by atoms with Crippen LogP contribution in [0.4, 0.5) is 10.1 Å². The van der Waals surface area contributed by atoms with E-state index in [1.807, 2.05) is 0 Å². The summed E-state index contributed by atoms with van der Waals surface area (Å²) < 4.78 is 12.8. The molecule has 3 rings (SSSR count). The molecule has 0 aliphatic carbocycles. The molecule has 1 aliphatic rings. The summed E-state index contributed by atoms with van der Waals surface area (Å²) in [7, 11) is 0. The standard InChI is InChI=1S/C15H11FN2O3/c16-9-3-1-8(2-4-9)14(20)18-11-5-6-12(19)10-7-17-15(21)13(10)11/h1-6,19H,7H2,(H,17,21)(H,18,20). The number of rotatable bonds is 2. The fourth-order valence-corrected chi connectivity index (χ4v) is 2.23. The SMILES string of the molecule is O=C(Nc1ccc(O)c2c1C(=O)NC2)c1ccc(F)cc1. The summed E-state index contributed by atoms with van der Waals surface area (Å²) in [6, 6.07) is 7.95. The van der Waals surface area contributed by atoms with Crippen LogP contribution in [0.3, 0.4) is 0 Å². The third kappa shape index (κ3) is 2.31. The number of hydrogen-bond donors (Lipinski definition) is 3. The van der Waals surface area contributed by atoms with E-state index in [1.165, 1.54) is 36.4 Å². The van der Waals surface area contributed by atoms with Crippen molar-refractivity contribution in [1.82, 2.24) is 5.32 Å². The first-order valence-corrected chi connectivity index (χ1v) is 6.26. The van der Waals surface area contributed by atoms with E-state index in [-0.39, 0.29) is 29.3 Å². The number of phenolic OH excluding ortho intramolecular Hbond substituents is 1. The van der Waals surface area contributed by atoms with Gasteiger partial charge in [-0.05, 0) is 36.4 Å². The normalized spacial score (nSPS) is 12.7. The molecular weight excluding hydrogens is 275 g/mol. The Balaban J connectivity index is 1.92. The summed E-state index contributed by atoms with van der Waals surface area (Å²) in [6.07, 6.45) is 0. The Morgan fingerprint density at radius 2 is 1.90 bits per heavy atom. The number of anilines is 1. The molecule has 1 aliphatic heterocycles. The van der Waals surface area contributed by atoms with Gasteiger partial charge in [0.1, 0.15) is 11.6 Å². The summed E-state index contributed by atoms with van der Waals surface area (Å²) in [5, 5.41) is 14.9. The summed E-state index contributed by atoms with van der Waals surface area (Å²) in [5.41, 5.74) is 1.30. The molecule has 0 bridgehead atoms. The van der Waals surface area contributed by atoms with Crippen LogP contribution in [0.15, 0.2) is 36.4 Å². The lowest BCUT2D eigenvalue weighted by molar-refractivity contribution is 0.0966. The van der Waals surface area contributed by atoms with E-state index in [0.717, 1.165) is 0 Å². The number of fused-ring (bicyclic) bond motifs is 1. The van der Waals surface area contributed by atoms with E-state index in [9.17, 15) is 19.1 Å². The van der Waals surface area contributed by atoms with Gasteiger partial charge in [0.25, 0.3) is 11.8 Å². The molecule has 2 aromatic rings. The van der Waals surface area contributed by atoms with Crippen molar-refractivity contribution >= 4 is 17.5 Å². The van der Waals surface area contributed by atoms with Gasteiger partial charge in [0.15, 0.2) is 0 Å². The van der Waals surface area contributed by atoms with Crippen LogP contribution in [-0.2, 0) is 6.54 Å².